The quantitative estimate of drug-likeness (QED) is 0.129. The van der Waals surface area contributed by atoms with Crippen LogP contribution in [0.5, 0.6) is 0 Å². The van der Waals surface area contributed by atoms with Crippen LogP contribution in [0.1, 0.15) is 125 Å². The van der Waals surface area contributed by atoms with Crippen LogP contribution in [-0.2, 0) is 9.53 Å². The second kappa shape index (κ2) is 20.0. The molecule has 0 heterocycles. The van der Waals surface area contributed by atoms with Gasteiger partial charge >= 0.3 is 5.97 Å². The Morgan fingerprint density at radius 2 is 1.17 bits per heavy atom. The zero-order chi connectivity index (χ0) is 21.7. The summed E-state index contributed by atoms with van der Waals surface area (Å²) in [7, 11) is 0. The van der Waals surface area contributed by atoms with E-state index in [1.807, 2.05) is 0 Å². The Bertz CT molecular complexity index is 493. The average molecular weight is 405 g/mol. The number of carbonyl (C=O) groups is 1. The van der Waals surface area contributed by atoms with Crippen molar-refractivity contribution in [1.82, 2.24) is 0 Å². The number of carbonyl (C=O) groups excluding carboxylic acids is 1. The summed E-state index contributed by atoms with van der Waals surface area (Å²) in [5, 5.41) is 0. The van der Waals surface area contributed by atoms with Crippen LogP contribution >= 0.6 is 0 Å². The lowest BCUT2D eigenvalue weighted by molar-refractivity contribution is -0.142. The fourth-order valence-corrected chi connectivity index (χ4v) is 3.27. The van der Waals surface area contributed by atoms with Crippen molar-refractivity contribution in [3.8, 4) is 0 Å². The lowest BCUT2D eigenvalue weighted by Gasteiger charge is -2.04. The smallest absolute Gasteiger partial charge is 0.306 e. The normalized spacial score (nSPS) is 12.2. The van der Waals surface area contributed by atoms with Crippen LogP contribution < -0.4 is 0 Å². The van der Waals surface area contributed by atoms with Gasteiger partial charge in [-0.15, -0.1) is 0 Å². The number of ether oxygens (including phenoxy) is 1. The molecule has 0 N–H and O–H groups in total. The van der Waals surface area contributed by atoms with E-state index in [4.69, 9.17) is 4.74 Å². The maximum atomic E-state index is 11.8. The molecule has 2 nitrogen and oxygen atoms in total. The minimum Gasteiger partial charge on any atom is -0.461 e. The van der Waals surface area contributed by atoms with Crippen LogP contribution in [0.15, 0.2) is 34.9 Å². The van der Waals surface area contributed by atoms with Gasteiger partial charge in [0.2, 0.25) is 0 Å². The predicted octanol–water partition coefficient (Wildman–Crippen LogP) is 8.87. The molecule has 0 spiro atoms. The summed E-state index contributed by atoms with van der Waals surface area (Å²) in [6, 6.07) is 0. The number of unbranched alkanes of at least 4 members (excludes halogenated alkanes) is 8. The lowest BCUT2D eigenvalue weighted by Crippen LogP contribution is -2.04. The van der Waals surface area contributed by atoms with E-state index in [9.17, 15) is 4.79 Å². The molecular weight excluding hydrogens is 356 g/mol. The highest BCUT2D eigenvalue weighted by molar-refractivity contribution is 5.69. The molecule has 0 radical (unpaired) electrons. The molecule has 0 amide bonds. The second-order valence-electron chi connectivity index (χ2n) is 8.72. The van der Waals surface area contributed by atoms with Gasteiger partial charge in [-0.3, -0.25) is 4.79 Å². The molecule has 0 aromatic rings. The van der Waals surface area contributed by atoms with Crippen molar-refractivity contribution in [2.75, 3.05) is 6.61 Å². The maximum absolute atomic E-state index is 11.8. The number of esters is 1. The van der Waals surface area contributed by atoms with Gasteiger partial charge in [0.1, 0.15) is 6.61 Å². The van der Waals surface area contributed by atoms with E-state index in [2.05, 4.69) is 52.8 Å². The first-order chi connectivity index (χ1) is 14.0. The highest BCUT2D eigenvalue weighted by Gasteiger charge is 2.02. The van der Waals surface area contributed by atoms with Gasteiger partial charge in [0.05, 0.1) is 0 Å². The van der Waals surface area contributed by atoms with Crippen molar-refractivity contribution < 1.29 is 9.53 Å². The van der Waals surface area contributed by atoms with E-state index >= 15 is 0 Å². The first kappa shape index (κ1) is 27.7. The van der Waals surface area contributed by atoms with Gasteiger partial charge in [-0.2, -0.15) is 0 Å². The zero-order valence-corrected chi connectivity index (χ0v) is 20.2. The summed E-state index contributed by atoms with van der Waals surface area (Å²) >= 11 is 0. The topological polar surface area (TPSA) is 26.3 Å². The summed E-state index contributed by atoms with van der Waals surface area (Å²) in [5.74, 6) is -0.0491. The van der Waals surface area contributed by atoms with Crippen molar-refractivity contribution >= 4 is 5.97 Å². The Kier molecular flexibility index (Phi) is 19.1. The van der Waals surface area contributed by atoms with E-state index in [0.717, 1.165) is 38.5 Å². The van der Waals surface area contributed by atoms with Crippen molar-refractivity contribution in [3.05, 3.63) is 34.9 Å². The van der Waals surface area contributed by atoms with Crippen LogP contribution in [0.25, 0.3) is 0 Å². The van der Waals surface area contributed by atoms with Crippen molar-refractivity contribution in [3.63, 3.8) is 0 Å². The van der Waals surface area contributed by atoms with Gasteiger partial charge in [-0.05, 0) is 65.9 Å². The standard InChI is InChI=1S/C27H48O2/c1-6-7-8-9-10-11-12-13-14-21-27(28)29-23-22-26(5)20-16-19-25(4)18-15-17-24(2)3/h17,19,22H,6-16,18,20-21,23H2,1-5H3/b25-19-,26-22+. The molecule has 0 aromatic carbocycles. The van der Waals surface area contributed by atoms with Crippen molar-refractivity contribution in [2.24, 2.45) is 0 Å². The summed E-state index contributed by atoms with van der Waals surface area (Å²) < 4.78 is 5.35. The van der Waals surface area contributed by atoms with Gasteiger partial charge in [0.15, 0.2) is 0 Å². The van der Waals surface area contributed by atoms with Gasteiger partial charge < -0.3 is 4.74 Å². The molecule has 0 saturated carbocycles. The molecule has 29 heavy (non-hydrogen) atoms. The van der Waals surface area contributed by atoms with Crippen LogP contribution in [0.4, 0.5) is 0 Å². The number of hydrogen-bond donors (Lipinski definition) is 0. The molecule has 2 heteroatoms. The van der Waals surface area contributed by atoms with E-state index in [-0.39, 0.29) is 5.97 Å². The monoisotopic (exact) mass is 404 g/mol. The Hall–Kier alpha value is -1.31. The maximum Gasteiger partial charge on any atom is 0.306 e. The second-order valence-corrected chi connectivity index (χ2v) is 8.72. The predicted molar refractivity (Wildman–Crippen MR) is 128 cm³/mol. The van der Waals surface area contributed by atoms with E-state index in [0.29, 0.717) is 13.0 Å². The minimum absolute atomic E-state index is 0.0491. The zero-order valence-electron chi connectivity index (χ0n) is 20.2. The number of allylic oxidation sites excluding steroid dienone is 5. The van der Waals surface area contributed by atoms with Gasteiger partial charge in [-0.25, -0.2) is 0 Å². The molecule has 0 aliphatic rings. The molecule has 0 rings (SSSR count). The number of hydrogen-bond acceptors (Lipinski definition) is 2. The SMILES string of the molecule is CCCCCCCCCCCC(=O)OC/C=C(\C)CC/C=C(/C)CCC=C(C)C. The van der Waals surface area contributed by atoms with Crippen molar-refractivity contribution in [2.45, 2.75) is 125 Å². The van der Waals surface area contributed by atoms with Crippen molar-refractivity contribution in [1.29, 1.82) is 0 Å². The van der Waals surface area contributed by atoms with E-state index in [1.54, 1.807) is 0 Å². The molecule has 0 aliphatic carbocycles. The van der Waals surface area contributed by atoms with E-state index < -0.39 is 0 Å². The lowest BCUT2D eigenvalue weighted by atomic mass is 10.1. The molecule has 0 aliphatic heterocycles. The minimum atomic E-state index is -0.0491. The third-order valence-electron chi connectivity index (χ3n) is 5.28. The largest absolute Gasteiger partial charge is 0.461 e. The fraction of sp³-hybridized carbons (Fsp3) is 0.741. The highest BCUT2D eigenvalue weighted by atomic mass is 16.5. The van der Waals surface area contributed by atoms with Crippen LogP contribution in [-0.4, -0.2) is 12.6 Å². The molecule has 168 valence electrons. The number of rotatable bonds is 18. The van der Waals surface area contributed by atoms with Crippen LogP contribution in [0.2, 0.25) is 0 Å². The van der Waals surface area contributed by atoms with E-state index in [1.165, 1.54) is 61.7 Å². The fourth-order valence-electron chi connectivity index (χ4n) is 3.27. The molecule has 0 fully saturated rings. The molecule has 0 unspecified atom stereocenters. The summed E-state index contributed by atoms with van der Waals surface area (Å²) in [6.45, 7) is 11.3. The first-order valence-electron chi connectivity index (χ1n) is 12.1. The molecule has 0 bridgehead atoms. The highest BCUT2D eigenvalue weighted by Crippen LogP contribution is 2.12. The van der Waals surface area contributed by atoms with Crippen LogP contribution in [0, 0.1) is 0 Å². The summed E-state index contributed by atoms with van der Waals surface area (Å²) in [6.07, 6.45) is 23.1. The Labute approximate surface area is 181 Å². The third kappa shape index (κ3) is 21.2. The Balaban J connectivity index is 3.67. The molecule has 0 aromatic heterocycles. The molecule has 0 saturated heterocycles. The van der Waals surface area contributed by atoms with Gasteiger partial charge in [0.25, 0.3) is 0 Å². The third-order valence-corrected chi connectivity index (χ3v) is 5.28. The summed E-state index contributed by atoms with van der Waals surface area (Å²) in [5.41, 5.74) is 4.15. The van der Waals surface area contributed by atoms with Gasteiger partial charge in [-0.1, -0.05) is 87.2 Å². The molecular formula is C27H48O2. The van der Waals surface area contributed by atoms with Crippen LogP contribution in [0.3, 0.4) is 0 Å². The first-order valence-corrected chi connectivity index (χ1v) is 12.1. The Morgan fingerprint density at radius 3 is 1.76 bits per heavy atom. The molecule has 0 atom stereocenters. The van der Waals surface area contributed by atoms with Gasteiger partial charge in [0, 0.05) is 6.42 Å². The summed E-state index contributed by atoms with van der Waals surface area (Å²) in [4.78, 5) is 11.8. The Morgan fingerprint density at radius 1 is 0.655 bits per heavy atom. The average Bonchev–Trinajstić information content (AvgIpc) is 2.66.